The highest BCUT2D eigenvalue weighted by Crippen LogP contribution is 2.25. The van der Waals surface area contributed by atoms with E-state index in [9.17, 15) is 5.11 Å². The first kappa shape index (κ1) is 14.0. The summed E-state index contributed by atoms with van der Waals surface area (Å²) in [5, 5.41) is 12.5. The van der Waals surface area contributed by atoms with Gasteiger partial charge in [0.2, 0.25) is 5.95 Å². The summed E-state index contributed by atoms with van der Waals surface area (Å²) in [5.74, 6) is 1.36. The summed E-state index contributed by atoms with van der Waals surface area (Å²) < 4.78 is 5.68. The predicted molar refractivity (Wildman–Crippen MR) is 79.5 cm³/mol. The quantitative estimate of drug-likeness (QED) is 0.748. The van der Waals surface area contributed by atoms with E-state index in [1.54, 1.807) is 6.33 Å². The van der Waals surface area contributed by atoms with Crippen molar-refractivity contribution >= 4 is 22.9 Å². The highest BCUT2D eigenvalue weighted by Gasteiger charge is 2.27. The number of nitrogens with zero attached hydrogens (tertiary/aromatic N) is 4. The van der Waals surface area contributed by atoms with E-state index in [-0.39, 0.29) is 18.8 Å². The Morgan fingerprint density at radius 1 is 1.48 bits per heavy atom. The van der Waals surface area contributed by atoms with Gasteiger partial charge in [0.25, 0.3) is 0 Å². The van der Waals surface area contributed by atoms with Gasteiger partial charge in [0, 0.05) is 19.6 Å². The third-order valence-electron chi connectivity index (χ3n) is 3.43. The number of morpholine rings is 1. The lowest BCUT2D eigenvalue weighted by Gasteiger charge is -2.36. The molecule has 0 radical (unpaired) electrons. The van der Waals surface area contributed by atoms with Gasteiger partial charge in [-0.15, -0.1) is 0 Å². The van der Waals surface area contributed by atoms with E-state index < -0.39 is 0 Å². The van der Waals surface area contributed by atoms with Crippen LogP contribution in [-0.2, 0) is 4.74 Å². The van der Waals surface area contributed by atoms with Gasteiger partial charge in [0.05, 0.1) is 25.1 Å². The monoisotopic (exact) mass is 292 g/mol. The van der Waals surface area contributed by atoms with E-state index in [0.29, 0.717) is 24.7 Å². The summed E-state index contributed by atoms with van der Waals surface area (Å²) in [4.78, 5) is 18.4. The van der Waals surface area contributed by atoms with Crippen LogP contribution in [0.5, 0.6) is 0 Å². The lowest BCUT2D eigenvalue weighted by Crippen LogP contribution is -2.48. The Kier molecular flexibility index (Phi) is 3.89. The number of aliphatic hydroxyl groups excluding tert-OH is 1. The molecule has 3 heterocycles. The van der Waals surface area contributed by atoms with Crippen LogP contribution in [0.2, 0.25) is 0 Å². The molecule has 114 valence electrons. The number of ether oxygens (including phenoxy) is 1. The fourth-order valence-electron chi connectivity index (χ4n) is 2.60. The molecule has 2 unspecified atom stereocenters. The summed E-state index contributed by atoms with van der Waals surface area (Å²) in [5.41, 5.74) is 1.44. The van der Waals surface area contributed by atoms with Crippen molar-refractivity contribution in [3.63, 3.8) is 0 Å². The first-order chi connectivity index (χ1) is 10.2. The Hall–Kier alpha value is -1.93. The van der Waals surface area contributed by atoms with Gasteiger partial charge >= 0.3 is 0 Å². The minimum Gasteiger partial charge on any atom is -0.394 e. The average Bonchev–Trinajstić information content (AvgIpc) is 2.94. The number of hydrogen-bond acceptors (Lipinski definition) is 7. The summed E-state index contributed by atoms with van der Waals surface area (Å²) >= 11 is 0. The van der Waals surface area contributed by atoms with E-state index in [4.69, 9.17) is 4.74 Å². The second-order valence-corrected chi connectivity index (χ2v) is 5.16. The van der Waals surface area contributed by atoms with Crippen LogP contribution < -0.4 is 10.2 Å². The molecule has 0 amide bonds. The normalized spacial score (nSPS) is 22.7. The predicted octanol–water partition coefficient (Wildman–Crippen LogP) is 0.371. The Balaban J connectivity index is 1.99. The Bertz CT molecular complexity index is 616. The molecule has 0 aliphatic carbocycles. The third-order valence-corrected chi connectivity index (χ3v) is 3.43. The summed E-state index contributed by atoms with van der Waals surface area (Å²) in [6, 6.07) is 0. The van der Waals surface area contributed by atoms with Gasteiger partial charge < -0.3 is 25.0 Å². The lowest BCUT2D eigenvalue weighted by molar-refractivity contribution is -0.0422. The molecular formula is C13H20N6O2. The van der Waals surface area contributed by atoms with Crippen LogP contribution in [-0.4, -0.2) is 63.5 Å². The molecule has 1 aliphatic rings. The van der Waals surface area contributed by atoms with Crippen molar-refractivity contribution in [3.05, 3.63) is 6.33 Å². The van der Waals surface area contributed by atoms with Crippen molar-refractivity contribution in [1.82, 2.24) is 19.9 Å². The first-order valence-corrected chi connectivity index (χ1v) is 7.17. The van der Waals surface area contributed by atoms with Crippen LogP contribution in [0.15, 0.2) is 6.33 Å². The van der Waals surface area contributed by atoms with Crippen LogP contribution in [0.1, 0.15) is 13.8 Å². The molecule has 0 spiro atoms. The Labute approximate surface area is 122 Å². The Morgan fingerprint density at radius 2 is 2.33 bits per heavy atom. The number of rotatable bonds is 4. The molecule has 2 aromatic rings. The number of aliphatic hydroxyl groups is 1. The molecule has 0 aromatic carbocycles. The molecule has 1 aliphatic heterocycles. The Morgan fingerprint density at radius 3 is 3.10 bits per heavy atom. The molecular weight excluding hydrogens is 272 g/mol. The van der Waals surface area contributed by atoms with Crippen molar-refractivity contribution in [3.8, 4) is 0 Å². The average molecular weight is 292 g/mol. The minimum atomic E-state index is -0.204. The zero-order valence-corrected chi connectivity index (χ0v) is 12.2. The maximum Gasteiger partial charge on any atom is 0.226 e. The number of fused-ring (bicyclic) bond motifs is 1. The van der Waals surface area contributed by atoms with Crippen molar-refractivity contribution in [1.29, 1.82) is 0 Å². The number of imidazole rings is 1. The first-order valence-electron chi connectivity index (χ1n) is 7.17. The van der Waals surface area contributed by atoms with Crippen LogP contribution in [0.4, 0.5) is 11.8 Å². The van der Waals surface area contributed by atoms with Crippen LogP contribution in [0, 0.1) is 0 Å². The molecule has 3 N–H and O–H groups in total. The number of anilines is 2. The van der Waals surface area contributed by atoms with Gasteiger partial charge in [-0.05, 0) is 13.8 Å². The number of H-pyrrole nitrogens is 1. The molecule has 21 heavy (non-hydrogen) atoms. The smallest absolute Gasteiger partial charge is 0.226 e. The molecule has 0 saturated carbocycles. The van der Waals surface area contributed by atoms with E-state index in [2.05, 4.69) is 30.2 Å². The van der Waals surface area contributed by atoms with Gasteiger partial charge in [-0.1, -0.05) is 0 Å². The molecule has 2 aromatic heterocycles. The van der Waals surface area contributed by atoms with Crippen molar-refractivity contribution in [2.24, 2.45) is 0 Å². The molecule has 8 nitrogen and oxygen atoms in total. The minimum absolute atomic E-state index is 0.00188. The fourth-order valence-corrected chi connectivity index (χ4v) is 2.60. The molecule has 1 saturated heterocycles. The van der Waals surface area contributed by atoms with Crippen molar-refractivity contribution in [2.75, 3.05) is 36.5 Å². The van der Waals surface area contributed by atoms with Crippen molar-refractivity contribution < 1.29 is 9.84 Å². The van der Waals surface area contributed by atoms with Gasteiger partial charge in [-0.2, -0.15) is 9.97 Å². The van der Waals surface area contributed by atoms with E-state index >= 15 is 0 Å². The molecule has 2 atom stereocenters. The maximum atomic E-state index is 9.37. The van der Waals surface area contributed by atoms with E-state index in [1.807, 2.05) is 13.8 Å². The van der Waals surface area contributed by atoms with Gasteiger partial charge in [0.15, 0.2) is 11.5 Å². The van der Waals surface area contributed by atoms with Crippen LogP contribution in [0.3, 0.4) is 0 Å². The van der Waals surface area contributed by atoms with Crippen LogP contribution in [0.25, 0.3) is 11.2 Å². The molecule has 1 fully saturated rings. The number of nitrogens with one attached hydrogen (secondary N) is 2. The zero-order valence-electron chi connectivity index (χ0n) is 12.2. The van der Waals surface area contributed by atoms with E-state index in [0.717, 1.165) is 17.9 Å². The highest BCUT2D eigenvalue weighted by atomic mass is 16.5. The van der Waals surface area contributed by atoms with Gasteiger partial charge in [-0.3, -0.25) is 0 Å². The molecule has 0 bridgehead atoms. The van der Waals surface area contributed by atoms with Gasteiger partial charge in [0.1, 0.15) is 5.52 Å². The number of aromatic amines is 1. The molecule has 8 heteroatoms. The molecule has 3 rings (SSSR count). The largest absolute Gasteiger partial charge is 0.394 e. The van der Waals surface area contributed by atoms with Crippen LogP contribution >= 0.6 is 0 Å². The summed E-state index contributed by atoms with van der Waals surface area (Å²) in [7, 11) is 0. The fraction of sp³-hybridized carbons (Fsp3) is 0.615. The van der Waals surface area contributed by atoms with Gasteiger partial charge in [-0.25, -0.2) is 4.98 Å². The zero-order chi connectivity index (χ0) is 14.8. The topological polar surface area (TPSA) is 99.2 Å². The van der Waals surface area contributed by atoms with Crippen molar-refractivity contribution in [2.45, 2.75) is 26.1 Å². The summed E-state index contributed by atoms with van der Waals surface area (Å²) in [6.45, 7) is 6.04. The SMILES string of the molecule is CCNc1nc(N2CC(C)OC(CO)C2)c2[nH]cnc2n1. The third kappa shape index (κ3) is 2.77. The number of hydrogen-bond donors (Lipinski definition) is 3. The second kappa shape index (κ2) is 5.82. The highest BCUT2D eigenvalue weighted by molar-refractivity contribution is 5.84. The standard InChI is InChI=1S/C13H20N6O2/c1-3-14-13-17-11-10(15-7-16-11)12(18-13)19-4-8(2)21-9(5-19)6-20/h7-9,20H,3-6H2,1-2H3,(H2,14,15,16,17,18). The lowest BCUT2D eigenvalue weighted by atomic mass is 10.2. The number of aromatic nitrogens is 4. The second-order valence-electron chi connectivity index (χ2n) is 5.16. The van der Waals surface area contributed by atoms with E-state index in [1.165, 1.54) is 0 Å². The maximum absolute atomic E-state index is 9.37. The summed E-state index contributed by atoms with van der Waals surface area (Å²) in [6.07, 6.45) is 1.45.